The molecule has 2 aromatic rings. The molecule has 1 radical (unpaired) electrons. The second kappa shape index (κ2) is 7.12. The number of likely N-dealkylation sites (N-methyl/N-ethyl adjacent to an activating group) is 1. The van der Waals surface area contributed by atoms with Crippen LogP contribution in [0.3, 0.4) is 0 Å². The lowest BCUT2D eigenvalue weighted by molar-refractivity contribution is 0.312. The van der Waals surface area contributed by atoms with Gasteiger partial charge in [-0.05, 0) is 54.9 Å². The Hall–Kier alpha value is -1.22. The molecule has 4 heteroatoms. The Morgan fingerprint density at radius 2 is 1.74 bits per heavy atom. The first-order valence-electron chi connectivity index (χ1n) is 8.02. The summed E-state index contributed by atoms with van der Waals surface area (Å²) in [6, 6.07) is 13.3. The number of hydrogen-bond acceptors (Lipinski definition) is 2. The summed E-state index contributed by atoms with van der Waals surface area (Å²) < 4.78 is 0. The highest BCUT2D eigenvalue weighted by atomic mass is 35.5. The summed E-state index contributed by atoms with van der Waals surface area (Å²) in [6.45, 7) is 6.42. The van der Waals surface area contributed by atoms with Gasteiger partial charge in [0.1, 0.15) is 0 Å². The van der Waals surface area contributed by atoms with E-state index in [4.69, 9.17) is 23.2 Å². The van der Waals surface area contributed by atoms with Crippen molar-refractivity contribution in [2.24, 2.45) is 0 Å². The Bertz CT molecular complexity index is 672. The van der Waals surface area contributed by atoms with E-state index in [9.17, 15) is 0 Å². The van der Waals surface area contributed by atoms with Crippen LogP contribution in [0.5, 0.6) is 0 Å². The van der Waals surface area contributed by atoms with Gasteiger partial charge in [-0.2, -0.15) is 0 Å². The molecule has 1 saturated heterocycles. The second-order valence-corrected chi connectivity index (χ2v) is 6.81. The molecule has 0 unspecified atom stereocenters. The third kappa shape index (κ3) is 3.50. The molecule has 0 bridgehead atoms. The molecule has 0 spiro atoms. The number of rotatable bonds is 3. The van der Waals surface area contributed by atoms with Crippen molar-refractivity contribution in [3.63, 3.8) is 0 Å². The maximum atomic E-state index is 6.38. The first-order valence-corrected chi connectivity index (χ1v) is 8.78. The number of halogens is 2. The fraction of sp³-hybridized carbons (Fsp3) is 0.368. The summed E-state index contributed by atoms with van der Waals surface area (Å²) in [7, 11) is 2.17. The Morgan fingerprint density at radius 3 is 2.35 bits per heavy atom. The molecule has 2 aromatic carbocycles. The van der Waals surface area contributed by atoms with Crippen LogP contribution >= 0.6 is 23.2 Å². The molecular formula is C19H21Cl2N2. The van der Waals surface area contributed by atoms with Crippen molar-refractivity contribution in [1.29, 1.82) is 0 Å². The van der Waals surface area contributed by atoms with Gasteiger partial charge in [0.15, 0.2) is 0 Å². The molecule has 23 heavy (non-hydrogen) atoms. The van der Waals surface area contributed by atoms with Crippen LogP contribution in [0, 0.1) is 6.07 Å². The largest absolute Gasteiger partial charge is 0.369 e. The summed E-state index contributed by atoms with van der Waals surface area (Å²) in [4.78, 5) is 4.81. The fourth-order valence-corrected chi connectivity index (χ4v) is 3.66. The van der Waals surface area contributed by atoms with Crippen LogP contribution in [-0.4, -0.2) is 38.1 Å². The zero-order chi connectivity index (χ0) is 16.4. The van der Waals surface area contributed by atoms with E-state index in [0.29, 0.717) is 10.0 Å². The van der Waals surface area contributed by atoms with Gasteiger partial charge in [0.25, 0.3) is 0 Å². The van der Waals surface area contributed by atoms with E-state index in [-0.39, 0.29) is 0 Å². The molecule has 121 valence electrons. The molecular weight excluding hydrogens is 327 g/mol. The van der Waals surface area contributed by atoms with Crippen LogP contribution in [0.15, 0.2) is 30.3 Å². The van der Waals surface area contributed by atoms with E-state index in [1.165, 1.54) is 11.3 Å². The predicted molar refractivity (Wildman–Crippen MR) is 99.8 cm³/mol. The minimum Gasteiger partial charge on any atom is -0.369 e. The molecule has 2 nitrogen and oxygen atoms in total. The molecule has 0 saturated carbocycles. The highest BCUT2D eigenvalue weighted by molar-refractivity contribution is 6.39. The van der Waals surface area contributed by atoms with Crippen LogP contribution in [0.1, 0.15) is 12.5 Å². The average molecular weight is 348 g/mol. The lowest BCUT2D eigenvalue weighted by Crippen LogP contribution is -2.44. The van der Waals surface area contributed by atoms with Crippen molar-refractivity contribution in [2.45, 2.75) is 13.3 Å². The molecule has 1 aliphatic heterocycles. The first-order chi connectivity index (χ1) is 11.1. The van der Waals surface area contributed by atoms with E-state index in [0.717, 1.165) is 43.7 Å². The van der Waals surface area contributed by atoms with Gasteiger partial charge in [0, 0.05) is 47.5 Å². The van der Waals surface area contributed by atoms with E-state index in [2.05, 4.69) is 35.9 Å². The van der Waals surface area contributed by atoms with E-state index >= 15 is 0 Å². The molecule has 3 rings (SSSR count). The second-order valence-electron chi connectivity index (χ2n) is 5.99. The van der Waals surface area contributed by atoms with Gasteiger partial charge >= 0.3 is 0 Å². The van der Waals surface area contributed by atoms with Crippen LogP contribution in [-0.2, 0) is 6.42 Å². The van der Waals surface area contributed by atoms with Gasteiger partial charge in [-0.15, -0.1) is 0 Å². The van der Waals surface area contributed by atoms with Crippen molar-refractivity contribution >= 4 is 28.9 Å². The van der Waals surface area contributed by atoms with Gasteiger partial charge < -0.3 is 9.80 Å². The Kier molecular flexibility index (Phi) is 5.15. The van der Waals surface area contributed by atoms with Crippen LogP contribution < -0.4 is 4.90 Å². The third-order valence-electron chi connectivity index (χ3n) is 4.45. The van der Waals surface area contributed by atoms with Crippen molar-refractivity contribution in [2.75, 3.05) is 38.1 Å². The molecule has 0 amide bonds. The Balaban J connectivity index is 2.02. The summed E-state index contributed by atoms with van der Waals surface area (Å²) in [5, 5.41) is 1.36. The molecule has 0 aliphatic carbocycles. The normalized spacial score (nSPS) is 15.9. The molecule has 1 heterocycles. The van der Waals surface area contributed by atoms with Crippen molar-refractivity contribution < 1.29 is 0 Å². The number of benzene rings is 2. The van der Waals surface area contributed by atoms with Gasteiger partial charge in [0.2, 0.25) is 0 Å². The van der Waals surface area contributed by atoms with Gasteiger partial charge in [-0.3, -0.25) is 0 Å². The minimum atomic E-state index is 0.680. The zero-order valence-corrected chi connectivity index (χ0v) is 15.1. The smallest absolute Gasteiger partial charge is 0.0499 e. The molecule has 0 aromatic heterocycles. The lowest BCUT2D eigenvalue weighted by atomic mass is 10.00. The minimum absolute atomic E-state index is 0.680. The highest BCUT2D eigenvalue weighted by Crippen LogP contribution is 2.37. The highest BCUT2D eigenvalue weighted by Gasteiger charge is 2.18. The summed E-state index contributed by atoms with van der Waals surface area (Å²) in [6.07, 6.45) is 0.970. The first kappa shape index (κ1) is 16.6. The fourth-order valence-electron chi connectivity index (χ4n) is 3.05. The quantitative estimate of drug-likeness (QED) is 0.788. The lowest BCUT2D eigenvalue weighted by Gasteiger charge is -2.35. The summed E-state index contributed by atoms with van der Waals surface area (Å²) in [5.41, 5.74) is 4.44. The SMILES string of the molecule is CCc1[c]cc(-c2c(Cl)cccc2Cl)cc1N1CCN(C)CC1. The number of aryl methyl sites for hydroxylation is 1. The van der Waals surface area contributed by atoms with Crippen molar-refractivity contribution in [3.8, 4) is 11.1 Å². The number of hydrogen-bond donors (Lipinski definition) is 0. The monoisotopic (exact) mass is 347 g/mol. The van der Waals surface area contributed by atoms with Crippen LogP contribution in [0.2, 0.25) is 10.0 Å². The average Bonchev–Trinajstić information content (AvgIpc) is 2.55. The topological polar surface area (TPSA) is 6.48 Å². The van der Waals surface area contributed by atoms with E-state index < -0.39 is 0 Å². The Labute approximate surface area is 148 Å². The van der Waals surface area contributed by atoms with Crippen molar-refractivity contribution in [1.82, 2.24) is 4.90 Å². The van der Waals surface area contributed by atoms with Gasteiger partial charge in [-0.25, -0.2) is 0 Å². The predicted octanol–water partition coefficient (Wildman–Crippen LogP) is 4.77. The molecule has 0 N–H and O–H groups in total. The number of piperazine rings is 1. The van der Waals surface area contributed by atoms with E-state index in [1.54, 1.807) is 0 Å². The molecule has 0 atom stereocenters. The summed E-state index contributed by atoms with van der Waals surface area (Å²) in [5.74, 6) is 0. The maximum Gasteiger partial charge on any atom is 0.0499 e. The molecule has 1 aliphatic rings. The third-order valence-corrected chi connectivity index (χ3v) is 5.08. The number of anilines is 1. The van der Waals surface area contributed by atoms with Crippen LogP contribution in [0.4, 0.5) is 5.69 Å². The zero-order valence-electron chi connectivity index (χ0n) is 13.6. The maximum absolute atomic E-state index is 6.38. The van der Waals surface area contributed by atoms with Gasteiger partial charge in [-0.1, -0.05) is 36.2 Å². The van der Waals surface area contributed by atoms with E-state index in [1.807, 2.05) is 24.3 Å². The molecule has 1 fully saturated rings. The standard InChI is InChI=1S/C19H21Cl2N2/c1-3-14-7-8-15(19-16(20)5-4-6-17(19)21)13-18(14)23-11-9-22(2)10-12-23/h4-6,8,13H,3,9-12H2,1-2H3. The Morgan fingerprint density at radius 1 is 1.09 bits per heavy atom. The van der Waals surface area contributed by atoms with Crippen molar-refractivity contribution in [3.05, 3.63) is 52.0 Å². The van der Waals surface area contributed by atoms with Crippen LogP contribution in [0.25, 0.3) is 11.1 Å². The number of nitrogens with zero attached hydrogens (tertiary/aromatic N) is 2. The van der Waals surface area contributed by atoms with Gasteiger partial charge in [0.05, 0.1) is 0 Å². The summed E-state index contributed by atoms with van der Waals surface area (Å²) >= 11 is 12.8.